The zero-order valence-electron chi connectivity index (χ0n) is 14.4. The van der Waals surface area contributed by atoms with Crippen molar-refractivity contribution in [3.63, 3.8) is 0 Å². The van der Waals surface area contributed by atoms with Gasteiger partial charge in [-0.2, -0.15) is 18.3 Å². The van der Waals surface area contributed by atoms with Crippen LogP contribution in [-0.4, -0.2) is 39.2 Å². The van der Waals surface area contributed by atoms with Gasteiger partial charge in [0.15, 0.2) is 0 Å². The molecule has 2 unspecified atom stereocenters. The average molecular weight is 366 g/mol. The molecule has 0 bridgehead atoms. The number of rotatable bonds is 3. The summed E-state index contributed by atoms with van der Waals surface area (Å²) >= 11 is 0. The predicted octanol–water partition coefficient (Wildman–Crippen LogP) is 3.23. The van der Waals surface area contributed by atoms with Gasteiger partial charge < -0.3 is 10.6 Å². The van der Waals surface area contributed by atoms with E-state index in [4.69, 9.17) is 5.73 Å². The van der Waals surface area contributed by atoms with Crippen LogP contribution in [-0.2, 0) is 6.18 Å². The summed E-state index contributed by atoms with van der Waals surface area (Å²) in [6.07, 6.45) is -0.692. The van der Waals surface area contributed by atoms with Crippen LogP contribution in [0.4, 0.5) is 13.2 Å². The highest BCUT2D eigenvalue weighted by Gasteiger charge is 2.35. The Bertz CT molecular complexity index is 785. The Morgan fingerprint density at radius 2 is 2.08 bits per heavy atom. The van der Waals surface area contributed by atoms with Crippen molar-refractivity contribution >= 4 is 5.91 Å². The molecular formula is C18H21F3N4O. The monoisotopic (exact) mass is 366 g/mol. The first kappa shape index (κ1) is 18.4. The fourth-order valence-electron chi connectivity index (χ4n) is 3.42. The number of hydrogen-bond acceptors (Lipinski definition) is 3. The third kappa shape index (κ3) is 3.60. The molecule has 3 rings (SSSR count). The van der Waals surface area contributed by atoms with Crippen molar-refractivity contribution in [1.29, 1.82) is 0 Å². The third-order valence-electron chi connectivity index (χ3n) is 4.69. The van der Waals surface area contributed by atoms with E-state index in [1.807, 2.05) is 6.92 Å². The highest BCUT2D eigenvalue weighted by atomic mass is 19.4. The van der Waals surface area contributed by atoms with E-state index in [9.17, 15) is 18.0 Å². The fraction of sp³-hybridized carbons (Fsp3) is 0.444. The highest BCUT2D eigenvalue weighted by molar-refractivity contribution is 5.95. The number of nitrogens with two attached hydrogens (primary N) is 1. The molecule has 26 heavy (non-hydrogen) atoms. The Hall–Kier alpha value is -2.35. The number of aromatic nitrogens is 2. The van der Waals surface area contributed by atoms with E-state index < -0.39 is 11.9 Å². The largest absolute Gasteiger partial charge is 0.433 e. The van der Waals surface area contributed by atoms with Crippen LogP contribution in [0.5, 0.6) is 0 Å². The lowest BCUT2D eigenvalue weighted by Gasteiger charge is -2.38. The predicted molar refractivity (Wildman–Crippen MR) is 90.9 cm³/mol. The van der Waals surface area contributed by atoms with Crippen molar-refractivity contribution < 1.29 is 18.0 Å². The zero-order chi connectivity index (χ0) is 18.9. The molecule has 0 spiro atoms. The molecule has 1 aromatic heterocycles. The van der Waals surface area contributed by atoms with Gasteiger partial charge in [-0.05, 0) is 50.5 Å². The Morgan fingerprint density at radius 3 is 2.77 bits per heavy atom. The number of carbonyl (C=O) groups excluding carboxylic acids is 1. The molecule has 1 saturated heterocycles. The number of benzene rings is 1. The quantitative estimate of drug-likeness (QED) is 0.907. The van der Waals surface area contributed by atoms with Gasteiger partial charge in [0, 0.05) is 24.2 Å². The normalized spacial score (nSPS) is 19.4. The maximum Gasteiger partial charge on any atom is 0.433 e. The minimum atomic E-state index is -4.52. The first-order valence-electron chi connectivity index (χ1n) is 8.57. The van der Waals surface area contributed by atoms with Gasteiger partial charge in [-0.25, -0.2) is 4.68 Å². The molecule has 0 radical (unpaired) electrons. The van der Waals surface area contributed by atoms with E-state index >= 15 is 0 Å². The summed E-state index contributed by atoms with van der Waals surface area (Å²) in [5.41, 5.74) is 5.66. The van der Waals surface area contributed by atoms with Gasteiger partial charge in [0.05, 0.1) is 11.9 Å². The molecule has 2 aromatic rings. The Morgan fingerprint density at radius 1 is 1.31 bits per heavy atom. The number of halogens is 3. The number of alkyl halides is 3. The van der Waals surface area contributed by atoms with E-state index in [0.717, 1.165) is 36.2 Å². The van der Waals surface area contributed by atoms with Gasteiger partial charge in [0.25, 0.3) is 5.91 Å². The standard InChI is InChI=1S/C18H21F3N4O/c1-12(22)15-7-2-3-10-24(15)17(26)13-5-4-6-14(11-13)25-16(8-9-23-25)18(19,20)21/h4-6,8-9,11-12,15H,2-3,7,10,22H2,1H3. The molecule has 1 aromatic carbocycles. The summed E-state index contributed by atoms with van der Waals surface area (Å²) < 4.78 is 40.1. The molecule has 2 atom stereocenters. The van der Waals surface area contributed by atoms with Crippen LogP contribution in [0.1, 0.15) is 42.2 Å². The minimum Gasteiger partial charge on any atom is -0.334 e. The Balaban J connectivity index is 1.93. The van der Waals surface area contributed by atoms with Crippen LogP contribution in [0.3, 0.4) is 0 Å². The second-order valence-electron chi connectivity index (χ2n) is 6.60. The first-order chi connectivity index (χ1) is 12.3. The van der Waals surface area contributed by atoms with Crippen molar-refractivity contribution in [3.05, 3.63) is 47.8 Å². The summed E-state index contributed by atoms with van der Waals surface area (Å²) in [5.74, 6) is -0.213. The number of carbonyl (C=O) groups is 1. The van der Waals surface area contributed by atoms with E-state index in [-0.39, 0.29) is 23.7 Å². The lowest BCUT2D eigenvalue weighted by molar-refractivity contribution is -0.142. The summed E-state index contributed by atoms with van der Waals surface area (Å²) in [5, 5.41) is 3.76. The Kier molecular flexibility index (Phi) is 5.04. The molecule has 1 amide bonds. The second-order valence-corrected chi connectivity index (χ2v) is 6.60. The van der Waals surface area contributed by atoms with Crippen LogP contribution in [0.15, 0.2) is 36.5 Å². The minimum absolute atomic E-state index is 0.0599. The molecule has 5 nitrogen and oxygen atoms in total. The maximum absolute atomic E-state index is 13.1. The average Bonchev–Trinajstić information content (AvgIpc) is 3.11. The van der Waals surface area contributed by atoms with Gasteiger partial charge in [-0.15, -0.1) is 0 Å². The lowest BCUT2D eigenvalue weighted by Crippen LogP contribution is -2.51. The molecule has 0 saturated carbocycles. The van der Waals surface area contributed by atoms with E-state index in [0.29, 0.717) is 12.1 Å². The van der Waals surface area contributed by atoms with Gasteiger partial charge in [-0.3, -0.25) is 4.79 Å². The first-order valence-corrected chi connectivity index (χ1v) is 8.57. The SMILES string of the molecule is CC(N)C1CCCCN1C(=O)c1cccc(-n2nccc2C(F)(F)F)c1. The molecule has 1 aliphatic rings. The molecule has 1 aliphatic heterocycles. The second kappa shape index (κ2) is 7.11. The summed E-state index contributed by atoms with van der Waals surface area (Å²) in [6.45, 7) is 2.47. The van der Waals surface area contributed by atoms with Crippen molar-refractivity contribution in [1.82, 2.24) is 14.7 Å². The zero-order valence-corrected chi connectivity index (χ0v) is 14.4. The highest BCUT2D eigenvalue weighted by Crippen LogP contribution is 2.31. The number of hydrogen-bond donors (Lipinski definition) is 1. The van der Waals surface area contributed by atoms with Crippen molar-refractivity contribution in [2.75, 3.05) is 6.54 Å². The van der Waals surface area contributed by atoms with Gasteiger partial charge in [0.1, 0.15) is 5.69 Å². The number of piperidine rings is 1. The smallest absolute Gasteiger partial charge is 0.334 e. The van der Waals surface area contributed by atoms with Crippen LogP contribution in [0.25, 0.3) is 5.69 Å². The van der Waals surface area contributed by atoms with E-state index in [1.54, 1.807) is 17.0 Å². The molecule has 0 aliphatic carbocycles. The molecule has 1 fully saturated rings. The number of likely N-dealkylation sites (tertiary alicyclic amines) is 1. The summed E-state index contributed by atoms with van der Waals surface area (Å²) in [4.78, 5) is 14.7. The number of nitrogens with zero attached hydrogens (tertiary/aromatic N) is 3. The lowest BCUT2D eigenvalue weighted by atomic mass is 9.96. The van der Waals surface area contributed by atoms with Gasteiger partial charge in [0.2, 0.25) is 0 Å². The summed E-state index contributed by atoms with van der Waals surface area (Å²) in [7, 11) is 0. The molecule has 2 N–H and O–H groups in total. The van der Waals surface area contributed by atoms with Gasteiger partial charge >= 0.3 is 6.18 Å². The van der Waals surface area contributed by atoms with Crippen LogP contribution in [0, 0.1) is 0 Å². The topological polar surface area (TPSA) is 64.2 Å². The van der Waals surface area contributed by atoms with Crippen LogP contribution in [0.2, 0.25) is 0 Å². The van der Waals surface area contributed by atoms with E-state index in [1.165, 1.54) is 12.1 Å². The maximum atomic E-state index is 13.1. The van der Waals surface area contributed by atoms with Crippen molar-refractivity contribution in [3.8, 4) is 5.69 Å². The van der Waals surface area contributed by atoms with Crippen LogP contribution >= 0.6 is 0 Å². The van der Waals surface area contributed by atoms with Crippen molar-refractivity contribution in [2.24, 2.45) is 5.73 Å². The molecule has 2 heterocycles. The van der Waals surface area contributed by atoms with Crippen molar-refractivity contribution in [2.45, 2.75) is 44.4 Å². The Labute approximate surface area is 149 Å². The number of amides is 1. The molecule has 8 heteroatoms. The fourth-order valence-corrected chi connectivity index (χ4v) is 3.42. The molecular weight excluding hydrogens is 345 g/mol. The van der Waals surface area contributed by atoms with E-state index in [2.05, 4.69) is 5.10 Å². The third-order valence-corrected chi connectivity index (χ3v) is 4.69. The summed E-state index contributed by atoms with van der Waals surface area (Å²) in [6, 6.07) is 6.80. The molecule has 140 valence electrons. The van der Waals surface area contributed by atoms with Crippen LogP contribution < -0.4 is 5.73 Å². The van der Waals surface area contributed by atoms with Gasteiger partial charge in [-0.1, -0.05) is 6.07 Å².